The zero-order chi connectivity index (χ0) is 8.27. The van der Waals surface area contributed by atoms with Crippen molar-refractivity contribution in [3.8, 4) is 0 Å². The van der Waals surface area contributed by atoms with Crippen molar-refractivity contribution in [3.63, 3.8) is 0 Å². The maximum atomic E-state index is 3.46. The first-order valence-corrected chi connectivity index (χ1v) is 4.57. The number of hydrogen-bond donors (Lipinski definition) is 1. The number of nitrogens with one attached hydrogen (secondary N) is 1. The fourth-order valence-corrected chi connectivity index (χ4v) is 1.75. The van der Waals surface area contributed by atoms with Gasteiger partial charge in [0.05, 0.1) is 0 Å². The van der Waals surface area contributed by atoms with Crippen LogP contribution in [0, 0.1) is 5.92 Å². The third kappa shape index (κ3) is 2.80. The van der Waals surface area contributed by atoms with E-state index in [1.54, 1.807) is 0 Å². The van der Waals surface area contributed by atoms with Gasteiger partial charge in [0, 0.05) is 6.04 Å². The van der Waals surface area contributed by atoms with Gasteiger partial charge in [0.25, 0.3) is 0 Å². The van der Waals surface area contributed by atoms with E-state index in [2.05, 4.69) is 31.2 Å². The highest BCUT2D eigenvalue weighted by molar-refractivity contribution is 4.75. The van der Waals surface area contributed by atoms with Crippen LogP contribution in [-0.2, 0) is 0 Å². The van der Waals surface area contributed by atoms with Gasteiger partial charge in [0.2, 0.25) is 0 Å². The maximum absolute atomic E-state index is 3.46. The number of rotatable bonds is 1. The highest BCUT2D eigenvalue weighted by Crippen LogP contribution is 2.14. The van der Waals surface area contributed by atoms with Crippen molar-refractivity contribution in [1.29, 1.82) is 0 Å². The van der Waals surface area contributed by atoms with Gasteiger partial charge in [-0.2, -0.15) is 0 Å². The van der Waals surface area contributed by atoms with Crippen molar-refractivity contribution in [1.82, 2.24) is 10.2 Å². The van der Waals surface area contributed by atoms with Crippen LogP contribution >= 0.6 is 0 Å². The molecule has 0 amide bonds. The maximum Gasteiger partial charge on any atom is 0.0104 e. The average molecular weight is 156 g/mol. The Balaban J connectivity index is 2.39. The van der Waals surface area contributed by atoms with E-state index >= 15 is 0 Å². The lowest BCUT2D eigenvalue weighted by Gasteiger charge is -2.23. The first kappa shape index (κ1) is 9.01. The van der Waals surface area contributed by atoms with Crippen molar-refractivity contribution in [3.05, 3.63) is 0 Å². The Kier molecular flexibility index (Phi) is 3.34. The minimum Gasteiger partial charge on any atom is -0.316 e. The monoisotopic (exact) mass is 156 g/mol. The van der Waals surface area contributed by atoms with E-state index < -0.39 is 0 Å². The first-order valence-electron chi connectivity index (χ1n) is 4.57. The van der Waals surface area contributed by atoms with Gasteiger partial charge in [-0.1, -0.05) is 6.92 Å². The van der Waals surface area contributed by atoms with Gasteiger partial charge in [-0.25, -0.2) is 0 Å². The molecule has 66 valence electrons. The van der Waals surface area contributed by atoms with Gasteiger partial charge in [-0.05, 0) is 45.9 Å². The van der Waals surface area contributed by atoms with E-state index in [1.165, 1.54) is 25.9 Å². The summed E-state index contributed by atoms with van der Waals surface area (Å²) < 4.78 is 0. The molecule has 2 unspecified atom stereocenters. The van der Waals surface area contributed by atoms with Crippen LogP contribution in [0.2, 0.25) is 0 Å². The lowest BCUT2D eigenvalue weighted by Crippen LogP contribution is -2.29. The lowest BCUT2D eigenvalue weighted by atomic mass is 10.0. The molecule has 0 aromatic rings. The second-order valence-electron chi connectivity index (χ2n) is 3.95. The van der Waals surface area contributed by atoms with E-state index in [0.717, 1.165) is 12.0 Å². The van der Waals surface area contributed by atoms with Gasteiger partial charge < -0.3 is 10.2 Å². The molecule has 2 atom stereocenters. The van der Waals surface area contributed by atoms with Crippen molar-refractivity contribution in [2.45, 2.75) is 25.8 Å². The van der Waals surface area contributed by atoms with Crippen molar-refractivity contribution in [2.24, 2.45) is 5.92 Å². The molecular weight excluding hydrogens is 136 g/mol. The summed E-state index contributed by atoms with van der Waals surface area (Å²) in [5.41, 5.74) is 0. The largest absolute Gasteiger partial charge is 0.316 e. The third-order valence-electron chi connectivity index (χ3n) is 2.55. The van der Waals surface area contributed by atoms with E-state index in [-0.39, 0.29) is 0 Å². The van der Waals surface area contributed by atoms with E-state index in [4.69, 9.17) is 0 Å². The number of hydrogen-bond acceptors (Lipinski definition) is 2. The van der Waals surface area contributed by atoms with Gasteiger partial charge in [0.15, 0.2) is 0 Å². The van der Waals surface area contributed by atoms with Crippen LogP contribution < -0.4 is 5.32 Å². The Morgan fingerprint density at radius 2 is 2.09 bits per heavy atom. The number of nitrogens with zero attached hydrogens (tertiary/aromatic N) is 1. The second-order valence-corrected chi connectivity index (χ2v) is 3.95. The second kappa shape index (κ2) is 4.07. The zero-order valence-corrected chi connectivity index (χ0v) is 7.93. The van der Waals surface area contributed by atoms with E-state index in [1.807, 2.05) is 0 Å². The molecule has 11 heavy (non-hydrogen) atoms. The molecule has 1 aliphatic rings. The molecule has 1 saturated heterocycles. The summed E-state index contributed by atoms with van der Waals surface area (Å²) in [5, 5.41) is 3.46. The molecule has 2 nitrogen and oxygen atoms in total. The molecule has 0 aromatic heterocycles. The highest BCUT2D eigenvalue weighted by atomic mass is 15.1. The Bertz CT molecular complexity index is 112. The van der Waals surface area contributed by atoms with Gasteiger partial charge >= 0.3 is 0 Å². The molecule has 1 N–H and O–H groups in total. The molecule has 1 aliphatic heterocycles. The standard InChI is InChI=1S/C9H20N2/c1-8-6-9(11(2)3)4-5-10-7-8/h8-10H,4-7H2,1-3H3. The van der Waals surface area contributed by atoms with Crippen LogP contribution in [-0.4, -0.2) is 38.1 Å². The summed E-state index contributed by atoms with van der Waals surface area (Å²) in [6, 6.07) is 0.792. The Labute approximate surface area is 70.0 Å². The van der Waals surface area contributed by atoms with Crippen molar-refractivity contribution in [2.75, 3.05) is 27.2 Å². The topological polar surface area (TPSA) is 15.3 Å². The van der Waals surface area contributed by atoms with Crippen molar-refractivity contribution >= 4 is 0 Å². The minimum absolute atomic E-state index is 0.792. The molecule has 1 fully saturated rings. The van der Waals surface area contributed by atoms with Crippen molar-refractivity contribution < 1.29 is 0 Å². The lowest BCUT2D eigenvalue weighted by molar-refractivity contribution is 0.254. The highest BCUT2D eigenvalue weighted by Gasteiger charge is 2.17. The molecule has 0 saturated carbocycles. The Hall–Kier alpha value is -0.0800. The van der Waals surface area contributed by atoms with Crippen LogP contribution in [0.15, 0.2) is 0 Å². The summed E-state index contributed by atoms with van der Waals surface area (Å²) in [6.45, 7) is 4.71. The Morgan fingerprint density at radius 1 is 1.36 bits per heavy atom. The van der Waals surface area contributed by atoms with Crippen LogP contribution in [0.1, 0.15) is 19.8 Å². The summed E-state index contributed by atoms with van der Waals surface area (Å²) >= 11 is 0. The fraction of sp³-hybridized carbons (Fsp3) is 1.00. The molecule has 0 spiro atoms. The SMILES string of the molecule is CC1CNCCC(N(C)C)C1. The molecule has 0 aliphatic carbocycles. The molecule has 2 heteroatoms. The smallest absolute Gasteiger partial charge is 0.0104 e. The molecule has 0 bridgehead atoms. The van der Waals surface area contributed by atoms with Gasteiger partial charge in [0.1, 0.15) is 0 Å². The van der Waals surface area contributed by atoms with E-state index in [9.17, 15) is 0 Å². The molecule has 1 heterocycles. The summed E-state index contributed by atoms with van der Waals surface area (Å²) in [5.74, 6) is 0.838. The molecule has 0 aromatic carbocycles. The molecular formula is C9H20N2. The molecule has 0 radical (unpaired) electrons. The van der Waals surface area contributed by atoms with Gasteiger partial charge in [-0.3, -0.25) is 0 Å². The predicted molar refractivity (Wildman–Crippen MR) is 48.7 cm³/mol. The summed E-state index contributed by atoms with van der Waals surface area (Å²) in [6.07, 6.45) is 2.65. The van der Waals surface area contributed by atoms with E-state index in [0.29, 0.717) is 0 Å². The average Bonchev–Trinajstić information content (AvgIpc) is 2.13. The van der Waals surface area contributed by atoms with Crippen LogP contribution in [0.3, 0.4) is 0 Å². The first-order chi connectivity index (χ1) is 5.20. The quantitative estimate of drug-likeness (QED) is 0.608. The summed E-state index contributed by atoms with van der Waals surface area (Å²) in [4.78, 5) is 2.35. The fourth-order valence-electron chi connectivity index (χ4n) is 1.75. The van der Waals surface area contributed by atoms with Crippen LogP contribution in [0.5, 0.6) is 0 Å². The Morgan fingerprint density at radius 3 is 2.73 bits per heavy atom. The van der Waals surface area contributed by atoms with Crippen LogP contribution in [0.25, 0.3) is 0 Å². The van der Waals surface area contributed by atoms with Gasteiger partial charge in [-0.15, -0.1) is 0 Å². The predicted octanol–water partition coefficient (Wildman–Crippen LogP) is 0.936. The normalized spacial score (nSPS) is 33.8. The molecule has 1 rings (SSSR count). The zero-order valence-electron chi connectivity index (χ0n) is 7.93. The van der Waals surface area contributed by atoms with Crippen LogP contribution in [0.4, 0.5) is 0 Å². The minimum atomic E-state index is 0.792. The third-order valence-corrected chi connectivity index (χ3v) is 2.55. The summed E-state index contributed by atoms with van der Waals surface area (Å²) in [7, 11) is 4.37.